The molecule has 0 saturated carbocycles. The molecule has 0 aromatic carbocycles. The molecule has 118 valence electrons. The van der Waals surface area contributed by atoms with Gasteiger partial charge in [-0.2, -0.15) is 26.3 Å². The number of halogens is 10. The van der Waals surface area contributed by atoms with E-state index in [1.165, 1.54) is 0 Å². The molecule has 0 rings (SSSR count). The first kappa shape index (κ1) is 19.0. The molecule has 0 bridgehead atoms. The molecule has 4 nitrogen and oxygen atoms in total. The zero-order valence-corrected chi connectivity index (χ0v) is 9.92. The lowest BCUT2D eigenvalue weighted by Gasteiger charge is -2.20. The Morgan fingerprint density at radius 1 is 0.650 bits per heavy atom. The average Bonchev–Trinajstić information content (AvgIpc) is 2.21. The molecule has 0 aliphatic carbocycles. The van der Waals surface area contributed by atoms with Crippen molar-refractivity contribution < 1.29 is 54.5 Å². The summed E-state index contributed by atoms with van der Waals surface area (Å²) in [6.45, 7) is 0. The fraction of sp³-hybridized carbons (Fsp3) is 0.667. The third kappa shape index (κ3) is 3.75. The maximum absolute atomic E-state index is 12.6. The highest BCUT2D eigenvalue weighted by Gasteiger charge is 2.66. The van der Waals surface area contributed by atoms with Crippen LogP contribution in [0, 0.1) is 0 Å². The van der Waals surface area contributed by atoms with E-state index in [9.17, 15) is 44.7 Å². The molecule has 0 spiro atoms. The molecule has 0 radical (unpaired) electrons. The molecule has 0 fully saturated rings. The molecule has 0 saturated heterocycles. The maximum Gasteiger partial charge on any atom is 0.448 e. The van der Waals surface area contributed by atoms with Crippen molar-refractivity contribution in [3.05, 3.63) is 0 Å². The second kappa shape index (κ2) is 5.39. The minimum atomic E-state index is -6.05. The van der Waals surface area contributed by atoms with Crippen molar-refractivity contribution in [1.29, 1.82) is 0 Å². The van der Waals surface area contributed by atoms with E-state index in [0.717, 1.165) is 0 Å². The molecule has 0 aliphatic heterocycles. The van der Waals surface area contributed by atoms with Crippen LogP contribution in [0.25, 0.3) is 0 Å². The molecule has 0 aromatic rings. The van der Waals surface area contributed by atoms with Crippen molar-refractivity contribution in [1.82, 2.24) is 0 Å². The molecule has 0 aromatic heterocycles. The van der Waals surface area contributed by atoms with Crippen LogP contribution in [-0.2, 0) is 19.4 Å². The van der Waals surface area contributed by atoms with Gasteiger partial charge in [0.15, 0.2) is 0 Å². The summed E-state index contributed by atoms with van der Waals surface area (Å²) in [5, 5.41) is -10.5. The smallest absolute Gasteiger partial charge is 0.242 e. The Labute approximate surface area is 113 Å². The van der Waals surface area contributed by atoms with Gasteiger partial charge in [-0.3, -0.25) is 0 Å². The topological polar surface area (TPSA) is 52.6 Å². The number of carbonyl (C=O) groups is 2. The van der Waals surface area contributed by atoms with Crippen molar-refractivity contribution in [3.8, 4) is 0 Å². The predicted octanol–water partition coefficient (Wildman–Crippen LogP) is 2.92. The van der Waals surface area contributed by atoms with E-state index in [2.05, 4.69) is 33.0 Å². The van der Waals surface area contributed by atoms with E-state index in [1.807, 2.05) is 0 Å². The van der Waals surface area contributed by atoms with Crippen LogP contribution < -0.4 is 0 Å². The van der Waals surface area contributed by atoms with Crippen LogP contribution in [0.2, 0.25) is 0 Å². The molecule has 0 heterocycles. The first-order valence-electron chi connectivity index (χ1n) is 3.87. The summed E-state index contributed by atoms with van der Waals surface area (Å²) >= 11 is 8.09. The number of hydrogen-bond donors (Lipinski definition) is 0. The van der Waals surface area contributed by atoms with E-state index < -0.39 is 34.5 Å². The monoisotopic (exact) mass is 358 g/mol. The molecule has 0 N–H and O–H groups in total. The molecule has 2 unspecified atom stereocenters. The summed E-state index contributed by atoms with van der Waals surface area (Å²) in [7, 11) is 0. The Balaban J connectivity index is 4.83. The van der Waals surface area contributed by atoms with Crippen LogP contribution in [-0.4, -0.2) is 34.5 Å². The molecule has 0 aliphatic rings. The third-order valence-electron chi connectivity index (χ3n) is 1.42. The van der Waals surface area contributed by atoms with E-state index in [-0.39, 0.29) is 0 Å². The molecule has 0 amide bonds. The zero-order valence-electron chi connectivity index (χ0n) is 8.41. The van der Waals surface area contributed by atoms with Crippen LogP contribution in [0.1, 0.15) is 0 Å². The second-order valence-corrected chi connectivity index (χ2v) is 3.93. The Hall–Kier alpha value is -1.04. The molecular weight excluding hydrogens is 359 g/mol. The van der Waals surface area contributed by atoms with Crippen LogP contribution >= 0.6 is 23.2 Å². The van der Waals surface area contributed by atoms with E-state index in [0.29, 0.717) is 0 Å². The van der Waals surface area contributed by atoms with Gasteiger partial charge in [-0.25, -0.2) is 28.1 Å². The van der Waals surface area contributed by atoms with Gasteiger partial charge in [0.25, 0.3) is 0 Å². The first-order valence-corrected chi connectivity index (χ1v) is 4.63. The summed E-state index contributed by atoms with van der Waals surface area (Å²) in [6, 6.07) is 0. The van der Waals surface area contributed by atoms with Crippen LogP contribution in [0.5, 0.6) is 0 Å². The second-order valence-electron chi connectivity index (χ2n) is 2.89. The summed E-state index contributed by atoms with van der Waals surface area (Å²) in [5.41, 5.74) is 0. The average molecular weight is 359 g/mol. The quantitative estimate of drug-likeness (QED) is 0.329. The molecule has 14 heteroatoms. The van der Waals surface area contributed by atoms with Gasteiger partial charge in [0.2, 0.25) is 0 Å². The maximum atomic E-state index is 12.6. The van der Waals surface area contributed by atoms with Crippen molar-refractivity contribution in [3.63, 3.8) is 0 Å². The number of rotatable bonds is 2. The van der Waals surface area contributed by atoms with Crippen LogP contribution in [0.4, 0.5) is 35.1 Å². The van der Waals surface area contributed by atoms with Crippen molar-refractivity contribution in [2.45, 2.75) is 22.6 Å². The normalized spacial score (nSPS) is 18.7. The Kier molecular flexibility index (Phi) is 5.11. The van der Waals surface area contributed by atoms with Crippen LogP contribution in [0.3, 0.4) is 0 Å². The lowest BCUT2D eigenvalue weighted by atomic mass is 10.4. The van der Waals surface area contributed by atoms with Gasteiger partial charge >= 0.3 is 34.5 Å². The number of carbonyl (C=O) groups excluding carboxylic acids is 2. The fourth-order valence-electron chi connectivity index (χ4n) is 0.412. The SMILES string of the molecule is O=C(OOC(=O)C(F)(Cl)C(F)(F)F)C(F)(Cl)C(F)(F)F. The Bertz CT molecular complexity index is 363. The highest BCUT2D eigenvalue weighted by atomic mass is 35.5. The Morgan fingerprint density at radius 3 is 1.00 bits per heavy atom. The number of hydrogen-bond acceptors (Lipinski definition) is 4. The van der Waals surface area contributed by atoms with E-state index in [4.69, 9.17) is 0 Å². The standard InChI is InChI=1S/C6Cl2F8O4/c7-3(9,5(11,12)13)1(17)19-20-2(18)4(8,10)6(14,15)16. The summed E-state index contributed by atoms with van der Waals surface area (Å²) < 4.78 is 96.0. The summed E-state index contributed by atoms with van der Waals surface area (Å²) in [4.78, 5) is 26.3. The lowest BCUT2D eigenvalue weighted by Crippen LogP contribution is -2.47. The van der Waals surface area contributed by atoms with Crippen molar-refractivity contribution >= 4 is 35.1 Å². The predicted molar refractivity (Wildman–Crippen MR) is 43.7 cm³/mol. The Morgan fingerprint density at radius 2 is 0.850 bits per heavy atom. The lowest BCUT2D eigenvalue weighted by molar-refractivity contribution is -0.295. The summed E-state index contributed by atoms with van der Waals surface area (Å²) in [6.07, 6.45) is -12.1. The van der Waals surface area contributed by atoms with Gasteiger partial charge in [-0.15, -0.1) is 0 Å². The molecular formula is C6Cl2F8O4. The molecule has 2 atom stereocenters. The fourth-order valence-corrected chi connectivity index (χ4v) is 0.475. The van der Waals surface area contributed by atoms with Crippen LogP contribution in [0.15, 0.2) is 0 Å². The van der Waals surface area contributed by atoms with Gasteiger partial charge in [0.1, 0.15) is 0 Å². The van der Waals surface area contributed by atoms with E-state index >= 15 is 0 Å². The third-order valence-corrected chi connectivity index (χ3v) is 2.15. The van der Waals surface area contributed by atoms with Crippen molar-refractivity contribution in [2.24, 2.45) is 0 Å². The number of alkyl halides is 10. The minimum absolute atomic E-state index is 2.74. The summed E-state index contributed by atoms with van der Waals surface area (Å²) in [5.74, 6) is -6.32. The highest BCUT2D eigenvalue weighted by Crippen LogP contribution is 2.40. The van der Waals surface area contributed by atoms with Gasteiger partial charge < -0.3 is 0 Å². The van der Waals surface area contributed by atoms with Gasteiger partial charge in [-0.1, -0.05) is 23.2 Å². The van der Waals surface area contributed by atoms with Gasteiger partial charge in [0, 0.05) is 0 Å². The zero-order chi connectivity index (χ0) is 16.6. The largest absolute Gasteiger partial charge is 0.448 e. The van der Waals surface area contributed by atoms with Gasteiger partial charge in [-0.05, 0) is 0 Å². The molecule has 20 heavy (non-hydrogen) atoms. The minimum Gasteiger partial charge on any atom is -0.242 e. The van der Waals surface area contributed by atoms with Crippen molar-refractivity contribution in [2.75, 3.05) is 0 Å². The first-order chi connectivity index (χ1) is 8.55. The highest BCUT2D eigenvalue weighted by molar-refractivity contribution is 6.34. The van der Waals surface area contributed by atoms with Gasteiger partial charge in [0.05, 0.1) is 0 Å². The van der Waals surface area contributed by atoms with E-state index in [1.54, 1.807) is 0 Å².